The Bertz CT molecular complexity index is 800. The Morgan fingerprint density at radius 2 is 1.84 bits per heavy atom. The molecule has 2 N–H and O–H groups in total. The highest BCUT2D eigenvalue weighted by atomic mass is 32.1. The van der Waals surface area contributed by atoms with Crippen molar-refractivity contribution in [3.63, 3.8) is 0 Å². The Balaban J connectivity index is 0.000000339. The fraction of sp³-hybridized carbons (Fsp3) is 0.762. The zero-order valence-corrected chi connectivity index (χ0v) is 18.7. The summed E-state index contributed by atoms with van der Waals surface area (Å²) in [5, 5.41) is 11.1. The van der Waals surface area contributed by atoms with Crippen LogP contribution in [-0.2, 0) is 22.6 Å². The first kappa shape index (κ1) is 24.0. The molecule has 0 bridgehead atoms. The van der Waals surface area contributed by atoms with Crippen LogP contribution in [0.5, 0.6) is 0 Å². The third-order valence-corrected chi connectivity index (χ3v) is 7.58. The van der Waals surface area contributed by atoms with Crippen LogP contribution in [0.1, 0.15) is 69.4 Å². The average molecular weight is 462 g/mol. The summed E-state index contributed by atoms with van der Waals surface area (Å²) in [6, 6.07) is 0.569. The van der Waals surface area contributed by atoms with Crippen molar-refractivity contribution < 1.29 is 27.9 Å². The molecular weight excluding hydrogens is 431 g/mol. The number of halogens is 3. The van der Waals surface area contributed by atoms with Crippen LogP contribution in [0.25, 0.3) is 0 Å². The zero-order chi connectivity index (χ0) is 22.8. The predicted molar refractivity (Wildman–Crippen MR) is 112 cm³/mol. The number of fused-ring (bicyclic) bond motifs is 1. The van der Waals surface area contributed by atoms with E-state index in [4.69, 9.17) is 14.9 Å². The van der Waals surface area contributed by atoms with E-state index in [0.29, 0.717) is 12.0 Å². The minimum atomic E-state index is -5.08. The Hall–Kier alpha value is -1.68. The number of rotatable bonds is 4. The van der Waals surface area contributed by atoms with Crippen LogP contribution in [0.15, 0.2) is 0 Å². The maximum Gasteiger partial charge on any atom is 0.490 e. The zero-order valence-electron chi connectivity index (χ0n) is 17.9. The van der Waals surface area contributed by atoms with E-state index in [-0.39, 0.29) is 11.3 Å². The molecule has 4 rings (SSSR count). The first-order valence-electron chi connectivity index (χ1n) is 10.9. The van der Waals surface area contributed by atoms with Gasteiger partial charge < -0.3 is 10.4 Å². The van der Waals surface area contributed by atoms with Crippen LogP contribution in [0.4, 0.5) is 18.3 Å². The number of carbonyl (C=O) groups excluding carboxylic acids is 1. The largest absolute Gasteiger partial charge is 0.490 e. The molecule has 0 atom stereocenters. The summed E-state index contributed by atoms with van der Waals surface area (Å²) < 4.78 is 31.7. The lowest BCUT2D eigenvalue weighted by Crippen LogP contribution is -2.35. The molecule has 1 aromatic rings. The Kier molecular flexibility index (Phi) is 7.30. The van der Waals surface area contributed by atoms with Crippen molar-refractivity contribution in [2.75, 3.05) is 11.9 Å². The number of carbonyl (C=O) groups is 2. The monoisotopic (exact) mass is 461 g/mol. The molecule has 1 aliphatic heterocycles. The molecule has 2 saturated carbocycles. The van der Waals surface area contributed by atoms with Gasteiger partial charge in [0.2, 0.25) is 5.91 Å². The average Bonchev–Trinajstić information content (AvgIpc) is 3.43. The molecule has 0 spiro atoms. The van der Waals surface area contributed by atoms with Gasteiger partial charge in [0.1, 0.15) is 0 Å². The van der Waals surface area contributed by atoms with Gasteiger partial charge in [0, 0.05) is 30.4 Å². The van der Waals surface area contributed by atoms with E-state index in [1.54, 1.807) is 11.3 Å². The lowest BCUT2D eigenvalue weighted by Gasteiger charge is -2.29. The number of anilines is 1. The molecule has 2 fully saturated rings. The molecule has 1 aromatic heterocycles. The number of aliphatic carboxylic acids is 1. The number of hydrogen-bond acceptors (Lipinski definition) is 5. The van der Waals surface area contributed by atoms with E-state index in [1.165, 1.54) is 42.7 Å². The minimum absolute atomic E-state index is 0.0590. The molecule has 0 radical (unpaired) electrons. The van der Waals surface area contributed by atoms with Crippen molar-refractivity contribution in [3.8, 4) is 0 Å². The first-order chi connectivity index (χ1) is 14.5. The number of thiazole rings is 1. The lowest BCUT2D eigenvalue weighted by atomic mass is 9.77. The summed E-state index contributed by atoms with van der Waals surface area (Å²) >= 11 is 1.69. The van der Waals surface area contributed by atoms with Gasteiger partial charge >= 0.3 is 12.1 Å². The first-order valence-corrected chi connectivity index (χ1v) is 11.7. The van der Waals surface area contributed by atoms with Gasteiger partial charge in [-0.3, -0.25) is 9.69 Å². The molecule has 31 heavy (non-hydrogen) atoms. The maximum absolute atomic E-state index is 12.9. The standard InChI is InChI=1S/C19H29N3OS.C2HF3O2/c1-13(2)22-11-8-15-16(12-22)24-18(20-15)21-17(23)19(9-10-19)14-6-4-3-5-7-14;3-2(4,5)1(6)7/h13-14H,3-12H2,1-2H3,(H,20,21,23);(H,6,7). The molecule has 0 saturated heterocycles. The third kappa shape index (κ3) is 5.77. The van der Waals surface area contributed by atoms with Crippen LogP contribution in [0, 0.1) is 11.3 Å². The minimum Gasteiger partial charge on any atom is -0.475 e. The summed E-state index contributed by atoms with van der Waals surface area (Å²) in [6.45, 7) is 6.55. The van der Waals surface area contributed by atoms with E-state index in [1.807, 2.05) is 0 Å². The van der Waals surface area contributed by atoms with Crippen LogP contribution in [-0.4, -0.2) is 45.6 Å². The molecule has 2 aliphatic carbocycles. The van der Waals surface area contributed by atoms with E-state index >= 15 is 0 Å². The summed E-state index contributed by atoms with van der Waals surface area (Å²) in [6.07, 6.45) is 4.52. The van der Waals surface area contributed by atoms with Crippen LogP contribution < -0.4 is 5.32 Å². The van der Waals surface area contributed by atoms with Crippen molar-refractivity contribution in [1.82, 2.24) is 9.88 Å². The van der Waals surface area contributed by atoms with Crippen molar-refractivity contribution in [3.05, 3.63) is 10.6 Å². The van der Waals surface area contributed by atoms with Crippen molar-refractivity contribution in [2.45, 2.75) is 84.0 Å². The quantitative estimate of drug-likeness (QED) is 0.670. The smallest absolute Gasteiger partial charge is 0.475 e. The van der Waals surface area contributed by atoms with Crippen LogP contribution in [0.3, 0.4) is 0 Å². The van der Waals surface area contributed by atoms with Crippen molar-refractivity contribution in [1.29, 1.82) is 0 Å². The number of amides is 1. The number of hydrogen-bond donors (Lipinski definition) is 2. The molecule has 0 unspecified atom stereocenters. The number of carboxylic acid groups (broad SMARTS) is 1. The van der Waals surface area contributed by atoms with Crippen LogP contribution in [0.2, 0.25) is 0 Å². The second kappa shape index (κ2) is 9.44. The molecule has 174 valence electrons. The highest BCUT2D eigenvalue weighted by molar-refractivity contribution is 7.15. The van der Waals surface area contributed by atoms with Crippen LogP contribution >= 0.6 is 11.3 Å². The van der Waals surface area contributed by atoms with Gasteiger partial charge in [0.05, 0.1) is 11.1 Å². The van der Waals surface area contributed by atoms with Gasteiger partial charge in [-0.05, 0) is 45.4 Å². The van der Waals surface area contributed by atoms with Gasteiger partial charge in [-0.1, -0.05) is 19.3 Å². The van der Waals surface area contributed by atoms with E-state index in [0.717, 1.165) is 37.5 Å². The summed E-state index contributed by atoms with van der Waals surface area (Å²) in [5.41, 5.74) is 1.14. The molecule has 2 heterocycles. The van der Waals surface area contributed by atoms with E-state index in [9.17, 15) is 18.0 Å². The summed E-state index contributed by atoms with van der Waals surface area (Å²) in [4.78, 5) is 30.4. The lowest BCUT2D eigenvalue weighted by molar-refractivity contribution is -0.192. The Labute approximate surface area is 184 Å². The number of nitrogens with zero attached hydrogens (tertiary/aromatic N) is 2. The Morgan fingerprint density at radius 3 is 2.35 bits per heavy atom. The normalized spacial score (nSPS) is 21.1. The molecule has 1 amide bonds. The number of alkyl halides is 3. The van der Waals surface area contributed by atoms with E-state index in [2.05, 4.69) is 24.1 Å². The highest BCUT2D eigenvalue weighted by Crippen LogP contribution is 2.57. The topological polar surface area (TPSA) is 82.5 Å². The number of nitrogens with one attached hydrogen (secondary N) is 1. The predicted octanol–water partition coefficient (Wildman–Crippen LogP) is 4.84. The highest BCUT2D eigenvalue weighted by Gasteiger charge is 2.55. The van der Waals surface area contributed by atoms with Gasteiger partial charge in [-0.25, -0.2) is 9.78 Å². The van der Waals surface area contributed by atoms with Crippen molar-refractivity contribution >= 4 is 28.3 Å². The van der Waals surface area contributed by atoms with E-state index < -0.39 is 12.1 Å². The summed E-state index contributed by atoms with van der Waals surface area (Å²) in [7, 11) is 0. The second-order valence-electron chi connectivity index (χ2n) is 8.95. The van der Waals surface area contributed by atoms with Gasteiger partial charge in [-0.15, -0.1) is 11.3 Å². The molecule has 3 aliphatic rings. The SMILES string of the molecule is CC(C)N1CCc2nc(NC(=O)C3(C4CCCCC4)CC3)sc2C1.O=C(O)C(F)(F)F. The fourth-order valence-corrected chi connectivity index (χ4v) is 5.57. The number of aromatic nitrogens is 1. The number of carboxylic acids is 1. The second-order valence-corrected chi connectivity index (χ2v) is 10.0. The molecule has 6 nitrogen and oxygen atoms in total. The molecule has 0 aromatic carbocycles. The Morgan fingerprint density at radius 1 is 1.23 bits per heavy atom. The van der Waals surface area contributed by atoms with Crippen molar-refractivity contribution in [2.24, 2.45) is 11.3 Å². The summed E-state index contributed by atoms with van der Waals surface area (Å²) in [5.74, 6) is -1.90. The third-order valence-electron chi connectivity index (χ3n) is 6.58. The maximum atomic E-state index is 12.9. The van der Waals surface area contributed by atoms with Gasteiger partial charge in [0.25, 0.3) is 0 Å². The molecular formula is C21H30F3N3O3S. The van der Waals surface area contributed by atoms with Gasteiger partial charge in [0.15, 0.2) is 5.13 Å². The fourth-order valence-electron chi connectivity index (χ4n) is 4.54. The molecule has 10 heteroatoms. The van der Waals surface area contributed by atoms with Gasteiger partial charge in [-0.2, -0.15) is 13.2 Å².